The topological polar surface area (TPSA) is 84.9 Å². The zero-order valence-corrected chi connectivity index (χ0v) is 16.4. The van der Waals surface area contributed by atoms with E-state index in [0.29, 0.717) is 25.1 Å². The lowest BCUT2D eigenvalue weighted by molar-refractivity contribution is -0.156. The minimum atomic E-state index is -0.661. The third kappa shape index (κ3) is 3.63. The van der Waals surface area contributed by atoms with Crippen molar-refractivity contribution in [1.82, 2.24) is 10.2 Å². The number of benzene rings is 1. The summed E-state index contributed by atoms with van der Waals surface area (Å²) in [6, 6.07) is 9.13. The molecule has 1 aromatic rings. The number of ether oxygens (including phenoxy) is 2. The summed E-state index contributed by atoms with van der Waals surface area (Å²) < 4.78 is 10.7. The monoisotopic (exact) mass is 404 g/mol. The molecule has 1 N–H and O–H groups in total. The molecule has 0 aromatic heterocycles. The SMILES string of the molecule is O=C(COC(=O)[C@H]1CS[C@]2(c3ccccc3)CCC(=O)N12)NC[C@@H]1CCCO1. The highest BCUT2D eigenvalue weighted by Crippen LogP contribution is 2.54. The van der Waals surface area contributed by atoms with Crippen molar-refractivity contribution in [2.45, 2.75) is 42.7 Å². The number of hydrogen-bond acceptors (Lipinski definition) is 6. The Hall–Kier alpha value is -2.06. The van der Waals surface area contributed by atoms with Crippen molar-refractivity contribution in [3.05, 3.63) is 35.9 Å². The molecule has 4 rings (SSSR count). The Morgan fingerprint density at radius 2 is 2.14 bits per heavy atom. The first-order chi connectivity index (χ1) is 13.6. The summed E-state index contributed by atoms with van der Waals surface area (Å²) in [5, 5.41) is 2.73. The van der Waals surface area contributed by atoms with Crippen molar-refractivity contribution < 1.29 is 23.9 Å². The van der Waals surface area contributed by atoms with Crippen LogP contribution in [0.3, 0.4) is 0 Å². The van der Waals surface area contributed by atoms with Gasteiger partial charge in [0, 0.05) is 25.3 Å². The molecule has 3 heterocycles. The minimum absolute atomic E-state index is 0.0413. The minimum Gasteiger partial charge on any atom is -0.454 e. The van der Waals surface area contributed by atoms with Crippen molar-refractivity contribution >= 4 is 29.5 Å². The summed E-state index contributed by atoms with van der Waals surface area (Å²) in [6.45, 7) is 0.812. The Labute approximate surface area is 168 Å². The van der Waals surface area contributed by atoms with Gasteiger partial charge in [0.1, 0.15) is 10.9 Å². The van der Waals surface area contributed by atoms with E-state index in [9.17, 15) is 14.4 Å². The van der Waals surface area contributed by atoms with Crippen LogP contribution in [0.15, 0.2) is 30.3 Å². The number of rotatable bonds is 6. The maximum absolute atomic E-state index is 12.6. The molecule has 28 heavy (non-hydrogen) atoms. The highest BCUT2D eigenvalue weighted by Gasteiger charge is 2.57. The summed E-state index contributed by atoms with van der Waals surface area (Å²) in [4.78, 5) is 38.3. The van der Waals surface area contributed by atoms with Gasteiger partial charge in [-0.3, -0.25) is 9.59 Å². The van der Waals surface area contributed by atoms with E-state index < -0.39 is 16.9 Å². The van der Waals surface area contributed by atoms with Crippen molar-refractivity contribution in [3.63, 3.8) is 0 Å². The second kappa shape index (κ2) is 8.13. The summed E-state index contributed by atoms with van der Waals surface area (Å²) in [7, 11) is 0. The van der Waals surface area contributed by atoms with Gasteiger partial charge in [0.25, 0.3) is 5.91 Å². The Morgan fingerprint density at radius 3 is 2.89 bits per heavy atom. The van der Waals surface area contributed by atoms with Crippen molar-refractivity contribution in [3.8, 4) is 0 Å². The van der Waals surface area contributed by atoms with E-state index in [1.807, 2.05) is 30.3 Å². The van der Waals surface area contributed by atoms with Gasteiger partial charge in [-0.25, -0.2) is 4.79 Å². The molecule has 3 aliphatic heterocycles. The second-order valence-electron chi connectivity index (χ2n) is 7.29. The number of fused-ring (bicyclic) bond motifs is 1. The molecule has 0 unspecified atom stereocenters. The molecule has 3 aliphatic rings. The van der Waals surface area contributed by atoms with Gasteiger partial charge in [-0.05, 0) is 24.8 Å². The lowest BCUT2D eigenvalue weighted by Gasteiger charge is -2.33. The number of carbonyl (C=O) groups excluding carboxylic acids is 3. The fourth-order valence-electron chi connectivity index (χ4n) is 4.13. The van der Waals surface area contributed by atoms with Crippen LogP contribution in [0.4, 0.5) is 0 Å². The van der Waals surface area contributed by atoms with Crippen molar-refractivity contribution in [1.29, 1.82) is 0 Å². The number of hydrogen-bond donors (Lipinski definition) is 1. The normalized spacial score (nSPS) is 29.0. The molecule has 0 spiro atoms. The number of nitrogens with zero attached hydrogens (tertiary/aromatic N) is 1. The van der Waals surface area contributed by atoms with E-state index in [2.05, 4.69) is 5.32 Å². The number of amides is 2. The predicted molar refractivity (Wildman–Crippen MR) is 103 cm³/mol. The largest absolute Gasteiger partial charge is 0.454 e. The van der Waals surface area contributed by atoms with E-state index >= 15 is 0 Å². The number of esters is 1. The Morgan fingerprint density at radius 1 is 1.32 bits per heavy atom. The summed E-state index contributed by atoms with van der Waals surface area (Å²) >= 11 is 1.60. The van der Waals surface area contributed by atoms with Gasteiger partial charge in [-0.1, -0.05) is 30.3 Å². The molecule has 7 nitrogen and oxygen atoms in total. The van der Waals surface area contributed by atoms with Crippen LogP contribution < -0.4 is 5.32 Å². The first kappa shape index (κ1) is 19.3. The maximum atomic E-state index is 12.6. The van der Waals surface area contributed by atoms with Gasteiger partial charge < -0.3 is 19.7 Å². The maximum Gasteiger partial charge on any atom is 0.330 e. The average molecular weight is 404 g/mol. The predicted octanol–water partition coefficient (Wildman–Crippen LogP) is 1.42. The summed E-state index contributed by atoms with van der Waals surface area (Å²) in [6.07, 6.45) is 3.05. The van der Waals surface area contributed by atoms with Crippen LogP contribution in [0.2, 0.25) is 0 Å². The summed E-state index contributed by atoms with van der Waals surface area (Å²) in [5.74, 6) is -0.445. The number of nitrogens with one attached hydrogen (secondary N) is 1. The Bertz CT molecular complexity index is 752. The molecule has 3 atom stereocenters. The second-order valence-corrected chi connectivity index (χ2v) is 8.59. The van der Waals surface area contributed by atoms with Crippen LogP contribution in [0, 0.1) is 0 Å². The van der Waals surface area contributed by atoms with Gasteiger partial charge in [0.15, 0.2) is 6.61 Å². The van der Waals surface area contributed by atoms with Gasteiger partial charge in [-0.15, -0.1) is 11.8 Å². The number of carbonyl (C=O) groups is 3. The van der Waals surface area contributed by atoms with Crippen molar-refractivity contribution in [2.75, 3.05) is 25.5 Å². The van der Waals surface area contributed by atoms with E-state index in [1.165, 1.54) is 0 Å². The lowest BCUT2D eigenvalue weighted by atomic mass is 10.0. The molecule has 3 fully saturated rings. The van der Waals surface area contributed by atoms with E-state index in [-0.39, 0.29) is 24.5 Å². The van der Waals surface area contributed by atoms with Gasteiger partial charge in [0.2, 0.25) is 5.91 Å². The van der Waals surface area contributed by atoms with E-state index in [4.69, 9.17) is 9.47 Å². The third-order valence-electron chi connectivity index (χ3n) is 5.52. The first-order valence-corrected chi connectivity index (χ1v) is 10.7. The van der Waals surface area contributed by atoms with Crippen LogP contribution in [0.5, 0.6) is 0 Å². The number of thioether (sulfide) groups is 1. The smallest absolute Gasteiger partial charge is 0.330 e. The van der Waals surface area contributed by atoms with E-state index in [0.717, 1.165) is 25.0 Å². The highest BCUT2D eigenvalue weighted by atomic mass is 32.2. The fraction of sp³-hybridized carbons (Fsp3) is 0.550. The quantitative estimate of drug-likeness (QED) is 0.722. The van der Waals surface area contributed by atoms with Crippen LogP contribution in [-0.2, 0) is 28.7 Å². The molecule has 0 saturated carbocycles. The van der Waals surface area contributed by atoms with Crippen LogP contribution in [-0.4, -0.2) is 60.3 Å². The molecule has 0 bridgehead atoms. The van der Waals surface area contributed by atoms with Gasteiger partial charge >= 0.3 is 5.97 Å². The molecule has 1 aromatic carbocycles. The summed E-state index contributed by atoms with van der Waals surface area (Å²) in [5.41, 5.74) is 1.02. The highest BCUT2D eigenvalue weighted by molar-refractivity contribution is 8.00. The van der Waals surface area contributed by atoms with Crippen LogP contribution in [0.25, 0.3) is 0 Å². The van der Waals surface area contributed by atoms with Crippen LogP contribution >= 0.6 is 11.8 Å². The van der Waals surface area contributed by atoms with Crippen molar-refractivity contribution in [2.24, 2.45) is 0 Å². The molecular weight excluding hydrogens is 380 g/mol. The molecule has 2 amide bonds. The molecule has 8 heteroatoms. The third-order valence-corrected chi connectivity index (χ3v) is 7.12. The van der Waals surface area contributed by atoms with Gasteiger partial charge in [0.05, 0.1) is 6.10 Å². The standard InChI is InChI=1S/C20H24N2O5S/c23-17(21-11-15-7-4-10-26-15)12-27-19(25)16-13-28-20(9-8-18(24)22(16)20)14-5-2-1-3-6-14/h1-3,5-6,15-16H,4,7-13H2,(H,21,23)/t15-,16+,20-/m0/s1. The molecule has 0 aliphatic carbocycles. The lowest BCUT2D eigenvalue weighted by Crippen LogP contribution is -2.47. The Kier molecular flexibility index (Phi) is 5.59. The molecule has 0 radical (unpaired) electrons. The van der Waals surface area contributed by atoms with Gasteiger partial charge in [-0.2, -0.15) is 0 Å². The molecular formula is C20H24N2O5S. The first-order valence-electron chi connectivity index (χ1n) is 9.67. The fourth-order valence-corrected chi connectivity index (χ4v) is 5.77. The Balaban J connectivity index is 1.35. The zero-order valence-electron chi connectivity index (χ0n) is 15.6. The molecule has 3 saturated heterocycles. The zero-order chi connectivity index (χ0) is 19.6. The average Bonchev–Trinajstić information content (AvgIpc) is 3.43. The van der Waals surface area contributed by atoms with Crippen LogP contribution in [0.1, 0.15) is 31.2 Å². The van der Waals surface area contributed by atoms with E-state index in [1.54, 1.807) is 16.7 Å². The molecule has 150 valence electrons.